The monoisotopic (exact) mass is 398 g/mol. The molecule has 1 aliphatic rings. The molecule has 0 atom stereocenters. The van der Waals surface area contributed by atoms with Crippen LogP contribution < -0.4 is 21.3 Å². The lowest BCUT2D eigenvalue weighted by Crippen LogP contribution is -2.47. The number of piperazine rings is 1. The summed E-state index contributed by atoms with van der Waals surface area (Å²) in [5, 5.41) is 14.0. The van der Waals surface area contributed by atoms with Crippen LogP contribution in [0.5, 0.6) is 0 Å². The predicted molar refractivity (Wildman–Crippen MR) is 120 cm³/mol. The van der Waals surface area contributed by atoms with Crippen LogP contribution in [0.4, 0.5) is 0 Å². The zero-order chi connectivity index (χ0) is 19.0. The molecule has 0 aromatic heterocycles. The Morgan fingerprint density at radius 2 is 1.12 bits per heavy atom. The zero-order valence-corrected chi connectivity index (χ0v) is 17.4. The molecular weight excluding hydrogens is 364 g/mol. The van der Waals surface area contributed by atoms with Gasteiger partial charge in [0.2, 0.25) is 0 Å². The van der Waals surface area contributed by atoms with E-state index in [1.54, 1.807) is 12.2 Å². The van der Waals surface area contributed by atoms with E-state index < -0.39 is 0 Å². The van der Waals surface area contributed by atoms with E-state index in [2.05, 4.69) is 44.2 Å². The molecule has 1 heterocycles. The lowest BCUT2D eigenvalue weighted by Gasteiger charge is -2.34. The van der Waals surface area contributed by atoms with E-state index in [0.717, 1.165) is 65.2 Å². The standard InChI is InChI=1S/C18H34N6S2/c1-3-7-19-17(25)21-9-5-11-23-13-15-24(16-14-23)12-6-10-22-18(26)20-8-4-2/h3-4H,1-2,5-16H2,(H2,19,21,25)(H2,20,22,26). The highest BCUT2D eigenvalue weighted by Crippen LogP contribution is 2.03. The first kappa shape index (κ1) is 22.8. The van der Waals surface area contributed by atoms with Crippen molar-refractivity contribution in [1.29, 1.82) is 0 Å². The number of hydrogen-bond donors (Lipinski definition) is 4. The van der Waals surface area contributed by atoms with Gasteiger partial charge < -0.3 is 31.1 Å². The molecule has 1 fully saturated rings. The Kier molecular flexibility index (Phi) is 13.1. The second kappa shape index (κ2) is 14.9. The van der Waals surface area contributed by atoms with Gasteiger partial charge in [-0.25, -0.2) is 0 Å². The summed E-state index contributed by atoms with van der Waals surface area (Å²) in [6, 6.07) is 0. The van der Waals surface area contributed by atoms with E-state index in [9.17, 15) is 0 Å². The van der Waals surface area contributed by atoms with Crippen molar-refractivity contribution in [3.8, 4) is 0 Å². The molecule has 0 radical (unpaired) electrons. The Morgan fingerprint density at radius 1 is 0.731 bits per heavy atom. The lowest BCUT2D eigenvalue weighted by atomic mass is 10.2. The number of thiocarbonyl (C=S) groups is 2. The van der Waals surface area contributed by atoms with Crippen molar-refractivity contribution >= 4 is 34.7 Å². The maximum absolute atomic E-state index is 5.18. The summed E-state index contributed by atoms with van der Waals surface area (Å²) in [5.74, 6) is 0. The summed E-state index contributed by atoms with van der Waals surface area (Å²) < 4.78 is 0. The van der Waals surface area contributed by atoms with Gasteiger partial charge in [0.1, 0.15) is 0 Å². The van der Waals surface area contributed by atoms with Gasteiger partial charge in [-0.2, -0.15) is 0 Å². The van der Waals surface area contributed by atoms with Crippen molar-refractivity contribution in [3.05, 3.63) is 25.3 Å². The van der Waals surface area contributed by atoms with E-state index in [-0.39, 0.29) is 0 Å². The van der Waals surface area contributed by atoms with E-state index in [4.69, 9.17) is 24.4 Å². The molecule has 0 aliphatic carbocycles. The minimum atomic E-state index is 0.709. The molecule has 0 saturated carbocycles. The second-order valence-corrected chi connectivity index (χ2v) is 7.06. The highest BCUT2D eigenvalue weighted by molar-refractivity contribution is 7.80. The van der Waals surface area contributed by atoms with E-state index >= 15 is 0 Å². The predicted octanol–water partition coefficient (Wildman–Crippen LogP) is 0.684. The van der Waals surface area contributed by atoms with Crippen LogP contribution in [-0.4, -0.2) is 85.5 Å². The van der Waals surface area contributed by atoms with Crippen molar-refractivity contribution in [1.82, 2.24) is 31.1 Å². The van der Waals surface area contributed by atoms with E-state index in [0.29, 0.717) is 23.3 Å². The summed E-state index contributed by atoms with van der Waals surface area (Å²) >= 11 is 10.4. The van der Waals surface area contributed by atoms with Crippen LogP contribution in [0.15, 0.2) is 25.3 Å². The normalized spacial score (nSPS) is 15.1. The van der Waals surface area contributed by atoms with Gasteiger partial charge in [-0.15, -0.1) is 13.2 Å². The van der Waals surface area contributed by atoms with Crippen LogP contribution in [0.2, 0.25) is 0 Å². The van der Waals surface area contributed by atoms with Crippen LogP contribution in [0.1, 0.15) is 12.8 Å². The van der Waals surface area contributed by atoms with Crippen molar-refractivity contribution in [2.24, 2.45) is 0 Å². The molecule has 0 aromatic rings. The molecule has 0 spiro atoms. The van der Waals surface area contributed by atoms with Gasteiger partial charge in [0.25, 0.3) is 0 Å². The first-order chi connectivity index (χ1) is 12.7. The Balaban J connectivity index is 1.98. The molecule has 1 saturated heterocycles. The van der Waals surface area contributed by atoms with Gasteiger partial charge in [0, 0.05) is 52.4 Å². The van der Waals surface area contributed by atoms with Gasteiger partial charge in [0.05, 0.1) is 0 Å². The minimum Gasteiger partial charge on any atom is -0.363 e. The minimum absolute atomic E-state index is 0.709. The fourth-order valence-corrected chi connectivity index (χ4v) is 3.07. The molecule has 0 bridgehead atoms. The Bertz CT molecular complexity index is 395. The number of nitrogens with one attached hydrogen (secondary N) is 4. The molecule has 6 nitrogen and oxygen atoms in total. The fourth-order valence-electron chi connectivity index (χ4n) is 2.70. The quantitative estimate of drug-likeness (QED) is 0.218. The number of rotatable bonds is 12. The van der Waals surface area contributed by atoms with Gasteiger partial charge in [0.15, 0.2) is 10.2 Å². The third-order valence-corrected chi connectivity index (χ3v) is 4.73. The SMILES string of the molecule is C=CCNC(=S)NCCCN1CCN(CCCNC(=S)NCC=C)CC1. The second-order valence-electron chi connectivity index (χ2n) is 6.24. The molecule has 26 heavy (non-hydrogen) atoms. The lowest BCUT2D eigenvalue weighted by molar-refractivity contribution is 0.131. The average Bonchev–Trinajstić information content (AvgIpc) is 2.66. The van der Waals surface area contributed by atoms with Gasteiger partial charge in [-0.05, 0) is 50.4 Å². The van der Waals surface area contributed by atoms with Crippen molar-refractivity contribution in [2.45, 2.75) is 12.8 Å². The topological polar surface area (TPSA) is 54.6 Å². The Hall–Kier alpha value is -1.22. The zero-order valence-electron chi connectivity index (χ0n) is 15.8. The number of nitrogens with zero attached hydrogens (tertiary/aromatic N) is 2. The summed E-state index contributed by atoms with van der Waals surface area (Å²) in [4.78, 5) is 5.07. The maximum atomic E-state index is 5.18. The molecule has 8 heteroatoms. The van der Waals surface area contributed by atoms with Crippen molar-refractivity contribution in [3.63, 3.8) is 0 Å². The summed E-state index contributed by atoms with van der Waals surface area (Å²) in [6.07, 6.45) is 5.82. The highest BCUT2D eigenvalue weighted by atomic mass is 32.1. The fraction of sp³-hybridized carbons (Fsp3) is 0.667. The molecule has 4 N–H and O–H groups in total. The van der Waals surface area contributed by atoms with Crippen molar-refractivity contribution in [2.75, 3.05) is 65.4 Å². The smallest absolute Gasteiger partial charge is 0.166 e. The highest BCUT2D eigenvalue weighted by Gasteiger charge is 2.15. The van der Waals surface area contributed by atoms with Gasteiger partial charge in [-0.3, -0.25) is 0 Å². The van der Waals surface area contributed by atoms with Crippen LogP contribution in [0.25, 0.3) is 0 Å². The van der Waals surface area contributed by atoms with Crippen molar-refractivity contribution < 1.29 is 0 Å². The number of hydrogen-bond acceptors (Lipinski definition) is 4. The molecule has 1 rings (SSSR count). The Morgan fingerprint density at radius 3 is 1.46 bits per heavy atom. The molecule has 1 aliphatic heterocycles. The van der Waals surface area contributed by atoms with Gasteiger partial charge in [-0.1, -0.05) is 12.2 Å². The molecule has 0 amide bonds. The van der Waals surface area contributed by atoms with Crippen LogP contribution in [0.3, 0.4) is 0 Å². The first-order valence-corrected chi connectivity index (χ1v) is 10.2. The molecular formula is C18H34N6S2. The molecule has 0 unspecified atom stereocenters. The third kappa shape index (κ3) is 11.4. The maximum Gasteiger partial charge on any atom is 0.166 e. The van der Waals surface area contributed by atoms with Gasteiger partial charge >= 0.3 is 0 Å². The third-order valence-electron chi connectivity index (χ3n) is 4.15. The molecule has 0 aromatic carbocycles. The van der Waals surface area contributed by atoms with E-state index in [1.807, 2.05) is 0 Å². The van der Waals surface area contributed by atoms with Crippen LogP contribution in [-0.2, 0) is 0 Å². The van der Waals surface area contributed by atoms with E-state index in [1.165, 1.54) is 0 Å². The Labute approximate surface area is 169 Å². The largest absolute Gasteiger partial charge is 0.363 e. The summed E-state index contributed by atoms with van der Waals surface area (Å²) in [7, 11) is 0. The molecule has 148 valence electrons. The summed E-state index contributed by atoms with van der Waals surface area (Å²) in [5.41, 5.74) is 0. The summed E-state index contributed by atoms with van der Waals surface area (Å²) in [6.45, 7) is 17.4. The van der Waals surface area contributed by atoms with Crippen LogP contribution in [0, 0.1) is 0 Å². The first-order valence-electron chi connectivity index (χ1n) is 9.35. The van der Waals surface area contributed by atoms with Crippen LogP contribution >= 0.6 is 24.4 Å². The average molecular weight is 399 g/mol.